The lowest BCUT2D eigenvalue weighted by Crippen LogP contribution is -2.17. The highest BCUT2D eigenvalue weighted by molar-refractivity contribution is 5.97. The minimum absolute atomic E-state index is 0.234. The summed E-state index contributed by atoms with van der Waals surface area (Å²) in [5.41, 5.74) is 1.98. The van der Waals surface area contributed by atoms with Gasteiger partial charge in [-0.2, -0.15) is 15.3 Å². The number of nitrogens with zero attached hydrogens (tertiary/aromatic N) is 4. The van der Waals surface area contributed by atoms with Crippen LogP contribution in [0.4, 0.5) is 23.2 Å². The summed E-state index contributed by atoms with van der Waals surface area (Å²) in [6.07, 6.45) is -3.22. The number of pyridine rings is 1. The molecule has 0 atom stereocenters. The first-order valence-corrected chi connectivity index (χ1v) is 8.65. The van der Waals surface area contributed by atoms with Crippen molar-refractivity contribution in [1.82, 2.24) is 4.98 Å². The van der Waals surface area contributed by atoms with Gasteiger partial charge in [0.2, 0.25) is 0 Å². The van der Waals surface area contributed by atoms with Crippen molar-refractivity contribution >= 4 is 18.1 Å². The number of anilines is 1. The SMILES string of the molecule is C=NN(/N=C(\C)c1ccccn1)c1cc(F)cc(-c2cccc(OC(F)(F)F)c2)c1. The van der Waals surface area contributed by atoms with Crippen LogP contribution in [0.1, 0.15) is 12.6 Å². The molecule has 0 unspecified atom stereocenters. The van der Waals surface area contributed by atoms with Crippen LogP contribution in [-0.4, -0.2) is 23.8 Å². The minimum Gasteiger partial charge on any atom is -0.406 e. The Kier molecular flexibility index (Phi) is 6.10. The van der Waals surface area contributed by atoms with Gasteiger partial charge in [0.1, 0.15) is 11.6 Å². The average molecular weight is 416 g/mol. The molecule has 0 aliphatic heterocycles. The fourth-order valence-corrected chi connectivity index (χ4v) is 2.67. The molecule has 0 saturated heterocycles. The van der Waals surface area contributed by atoms with Crippen LogP contribution in [0.25, 0.3) is 11.1 Å². The topological polar surface area (TPSA) is 50.1 Å². The summed E-state index contributed by atoms with van der Waals surface area (Å²) in [7, 11) is 0. The fraction of sp³-hybridized carbons (Fsp3) is 0.0952. The smallest absolute Gasteiger partial charge is 0.406 e. The van der Waals surface area contributed by atoms with E-state index in [9.17, 15) is 17.6 Å². The van der Waals surface area contributed by atoms with E-state index in [-0.39, 0.29) is 5.69 Å². The summed E-state index contributed by atoms with van der Waals surface area (Å²) in [6, 6.07) is 14.5. The molecule has 3 rings (SSSR count). The molecule has 0 N–H and O–H groups in total. The number of hydrogen-bond acceptors (Lipinski definition) is 5. The Morgan fingerprint density at radius 1 is 1.03 bits per heavy atom. The van der Waals surface area contributed by atoms with Crippen LogP contribution < -0.4 is 9.85 Å². The van der Waals surface area contributed by atoms with E-state index in [0.717, 1.165) is 11.2 Å². The number of aromatic nitrogens is 1. The summed E-state index contributed by atoms with van der Waals surface area (Å²) in [5, 5.41) is 9.21. The van der Waals surface area contributed by atoms with Crippen LogP contribution in [0.15, 0.2) is 77.1 Å². The number of hydrazone groups is 2. The van der Waals surface area contributed by atoms with E-state index in [1.807, 2.05) is 0 Å². The van der Waals surface area contributed by atoms with Crippen molar-refractivity contribution < 1.29 is 22.3 Å². The van der Waals surface area contributed by atoms with Gasteiger partial charge in [-0.05, 0) is 54.4 Å². The van der Waals surface area contributed by atoms with Gasteiger partial charge in [0.15, 0.2) is 0 Å². The van der Waals surface area contributed by atoms with Gasteiger partial charge in [0, 0.05) is 19.0 Å². The Hall–Kier alpha value is -3.75. The lowest BCUT2D eigenvalue weighted by molar-refractivity contribution is -0.274. The van der Waals surface area contributed by atoms with Crippen molar-refractivity contribution in [1.29, 1.82) is 0 Å². The zero-order chi connectivity index (χ0) is 21.7. The van der Waals surface area contributed by atoms with E-state index in [0.29, 0.717) is 22.5 Å². The number of ether oxygens (including phenoxy) is 1. The first-order chi connectivity index (χ1) is 14.2. The predicted molar refractivity (Wildman–Crippen MR) is 107 cm³/mol. The van der Waals surface area contributed by atoms with Crippen LogP contribution in [0.5, 0.6) is 5.75 Å². The van der Waals surface area contributed by atoms with E-state index in [1.54, 1.807) is 31.3 Å². The second-order valence-corrected chi connectivity index (χ2v) is 6.10. The molecule has 5 nitrogen and oxygen atoms in total. The van der Waals surface area contributed by atoms with Crippen molar-refractivity contribution in [3.63, 3.8) is 0 Å². The Labute approximate surface area is 169 Å². The van der Waals surface area contributed by atoms with Crippen molar-refractivity contribution in [3.8, 4) is 16.9 Å². The second kappa shape index (κ2) is 8.73. The monoisotopic (exact) mass is 416 g/mol. The first-order valence-electron chi connectivity index (χ1n) is 8.65. The molecule has 3 aromatic rings. The van der Waals surface area contributed by atoms with Gasteiger partial charge in [-0.1, -0.05) is 18.2 Å². The highest BCUT2D eigenvalue weighted by atomic mass is 19.4. The largest absolute Gasteiger partial charge is 0.573 e. The molecule has 9 heteroatoms. The van der Waals surface area contributed by atoms with Crippen molar-refractivity contribution in [3.05, 3.63) is 78.4 Å². The van der Waals surface area contributed by atoms with Crippen LogP contribution >= 0.6 is 0 Å². The molecule has 1 aromatic heterocycles. The van der Waals surface area contributed by atoms with Crippen LogP contribution in [0.2, 0.25) is 0 Å². The highest BCUT2D eigenvalue weighted by Gasteiger charge is 2.31. The lowest BCUT2D eigenvalue weighted by atomic mass is 10.0. The summed E-state index contributed by atoms with van der Waals surface area (Å²) >= 11 is 0. The molecule has 0 aliphatic carbocycles. The van der Waals surface area contributed by atoms with E-state index in [2.05, 4.69) is 26.6 Å². The van der Waals surface area contributed by atoms with E-state index >= 15 is 0 Å². The van der Waals surface area contributed by atoms with Gasteiger partial charge in [-0.25, -0.2) is 4.39 Å². The molecule has 2 aromatic carbocycles. The summed E-state index contributed by atoms with van der Waals surface area (Å²) < 4.78 is 55.7. The number of halogens is 4. The Morgan fingerprint density at radius 2 is 1.83 bits per heavy atom. The summed E-state index contributed by atoms with van der Waals surface area (Å²) in [6.45, 7) is 5.16. The fourth-order valence-electron chi connectivity index (χ4n) is 2.67. The maximum atomic E-state index is 14.3. The molecule has 0 aliphatic rings. The zero-order valence-corrected chi connectivity index (χ0v) is 15.8. The first kappa shape index (κ1) is 21.0. The number of alkyl halides is 3. The van der Waals surface area contributed by atoms with Gasteiger partial charge in [-0.3, -0.25) is 4.98 Å². The maximum absolute atomic E-state index is 14.3. The van der Waals surface area contributed by atoms with Gasteiger partial charge < -0.3 is 4.74 Å². The number of benzene rings is 2. The molecular weight excluding hydrogens is 400 g/mol. The number of rotatable bonds is 6. The molecular formula is C21H16F4N4O. The Morgan fingerprint density at radius 3 is 2.50 bits per heavy atom. The van der Waals surface area contributed by atoms with E-state index in [4.69, 9.17) is 0 Å². The predicted octanol–water partition coefficient (Wildman–Crippen LogP) is 5.63. The minimum atomic E-state index is -4.83. The quantitative estimate of drug-likeness (QED) is 0.297. The van der Waals surface area contributed by atoms with Crippen molar-refractivity contribution in [2.45, 2.75) is 13.3 Å². The van der Waals surface area contributed by atoms with Gasteiger partial charge in [-0.15, -0.1) is 13.2 Å². The third-order valence-corrected chi connectivity index (χ3v) is 3.93. The Balaban J connectivity index is 1.97. The molecule has 154 valence electrons. The molecule has 0 amide bonds. The van der Waals surface area contributed by atoms with Gasteiger partial charge in [0.25, 0.3) is 0 Å². The molecule has 0 fully saturated rings. The highest BCUT2D eigenvalue weighted by Crippen LogP contribution is 2.31. The van der Waals surface area contributed by atoms with E-state index < -0.39 is 17.9 Å². The molecule has 0 saturated carbocycles. The molecule has 1 heterocycles. The standard InChI is InChI=1S/C21H16F4N4O/c1-14(20-8-3-4-9-27-20)28-29(26-2)18-11-16(10-17(22)13-18)15-6-5-7-19(12-15)30-21(23,24)25/h3-13H,2H2,1H3/b28-14+. The average Bonchev–Trinajstić information content (AvgIpc) is 2.71. The lowest BCUT2D eigenvalue weighted by Gasteiger charge is -2.16. The van der Waals surface area contributed by atoms with Crippen LogP contribution in [-0.2, 0) is 0 Å². The van der Waals surface area contributed by atoms with Gasteiger partial charge >= 0.3 is 6.36 Å². The van der Waals surface area contributed by atoms with Crippen LogP contribution in [0.3, 0.4) is 0 Å². The molecule has 0 spiro atoms. The van der Waals surface area contributed by atoms with E-state index in [1.165, 1.54) is 36.4 Å². The van der Waals surface area contributed by atoms with Crippen molar-refractivity contribution in [2.24, 2.45) is 10.2 Å². The zero-order valence-electron chi connectivity index (χ0n) is 15.8. The van der Waals surface area contributed by atoms with Crippen molar-refractivity contribution in [2.75, 3.05) is 5.12 Å². The molecule has 0 bridgehead atoms. The maximum Gasteiger partial charge on any atom is 0.573 e. The van der Waals surface area contributed by atoms with Crippen LogP contribution in [0, 0.1) is 5.82 Å². The number of hydrogen-bond donors (Lipinski definition) is 0. The summed E-state index contributed by atoms with van der Waals surface area (Å²) in [5.74, 6) is -1.03. The normalized spacial score (nSPS) is 11.8. The molecule has 0 radical (unpaired) electrons. The van der Waals surface area contributed by atoms with Gasteiger partial charge in [0.05, 0.1) is 17.1 Å². The third kappa shape index (κ3) is 5.40. The second-order valence-electron chi connectivity index (χ2n) is 6.10. The summed E-state index contributed by atoms with van der Waals surface area (Å²) in [4.78, 5) is 4.18. The third-order valence-electron chi connectivity index (χ3n) is 3.93. The molecule has 30 heavy (non-hydrogen) atoms. The Bertz CT molecular complexity index is 1070.